The molecule has 128 valence electrons. The van der Waals surface area contributed by atoms with E-state index in [0.29, 0.717) is 0 Å². The van der Waals surface area contributed by atoms with Gasteiger partial charge in [-0.05, 0) is 29.0 Å². The molecule has 2 nitrogen and oxygen atoms in total. The Morgan fingerprint density at radius 1 is 0.519 bits per heavy atom. The Labute approximate surface area is 165 Å². The summed E-state index contributed by atoms with van der Waals surface area (Å²) in [5.74, 6) is 0. The Kier molecular flexibility index (Phi) is 3.95. The van der Waals surface area contributed by atoms with E-state index < -0.39 is 0 Å². The maximum atomic E-state index is 5.02. The zero-order valence-corrected chi connectivity index (χ0v) is 16.0. The highest BCUT2D eigenvalue weighted by Crippen LogP contribution is 2.37. The van der Waals surface area contributed by atoms with Gasteiger partial charge in [0.05, 0.1) is 22.4 Å². The van der Waals surface area contributed by atoms with E-state index in [4.69, 9.17) is 9.97 Å². The van der Waals surface area contributed by atoms with Crippen molar-refractivity contribution in [3.63, 3.8) is 0 Å². The average molecular weight is 411 g/mol. The average Bonchev–Trinajstić information content (AvgIpc) is 2.74. The lowest BCUT2D eigenvalue weighted by atomic mass is 9.98. The van der Waals surface area contributed by atoms with Gasteiger partial charge in [-0.2, -0.15) is 0 Å². The van der Waals surface area contributed by atoms with Crippen LogP contribution in [0.5, 0.6) is 0 Å². The lowest BCUT2D eigenvalue weighted by Crippen LogP contribution is -1.96. The third-order valence-electron chi connectivity index (χ3n) is 4.74. The van der Waals surface area contributed by atoms with Crippen molar-refractivity contribution in [2.45, 2.75) is 0 Å². The van der Waals surface area contributed by atoms with E-state index in [1.54, 1.807) is 0 Å². The summed E-state index contributed by atoms with van der Waals surface area (Å²) in [5, 5.41) is 2.33. The predicted octanol–water partition coefficient (Wildman–Crippen LogP) is 6.88. The minimum Gasteiger partial charge on any atom is -0.244 e. The van der Waals surface area contributed by atoms with Gasteiger partial charge >= 0.3 is 0 Å². The lowest BCUT2D eigenvalue weighted by molar-refractivity contribution is 1.30. The van der Waals surface area contributed by atoms with Gasteiger partial charge in [-0.3, -0.25) is 0 Å². The molecular formula is C24H15BrN2. The van der Waals surface area contributed by atoms with Crippen LogP contribution in [-0.4, -0.2) is 9.97 Å². The van der Waals surface area contributed by atoms with Gasteiger partial charge in [0.1, 0.15) is 0 Å². The Hall–Kier alpha value is -3.04. The number of aromatic nitrogens is 2. The predicted molar refractivity (Wildman–Crippen MR) is 116 cm³/mol. The smallest absolute Gasteiger partial charge is 0.0979 e. The molecule has 0 aliphatic rings. The van der Waals surface area contributed by atoms with Crippen molar-refractivity contribution in [3.8, 4) is 22.5 Å². The van der Waals surface area contributed by atoms with Crippen LogP contribution < -0.4 is 0 Å². The Balaban J connectivity index is 1.89. The molecule has 0 aliphatic carbocycles. The van der Waals surface area contributed by atoms with Crippen LogP contribution in [0.2, 0.25) is 0 Å². The molecule has 0 radical (unpaired) electrons. The van der Waals surface area contributed by atoms with E-state index in [2.05, 4.69) is 64.5 Å². The maximum Gasteiger partial charge on any atom is 0.0979 e. The van der Waals surface area contributed by atoms with Crippen LogP contribution in [0.4, 0.5) is 0 Å². The fourth-order valence-electron chi connectivity index (χ4n) is 3.45. The van der Waals surface area contributed by atoms with E-state index in [1.165, 1.54) is 5.39 Å². The van der Waals surface area contributed by atoms with E-state index in [0.717, 1.165) is 43.4 Å². The summed E-state index contributed by atoms with van der Waals surface area (Å²) in [6.45, 7) is 0. The zero-order chi connectivity index (χ0) is 18.2. The number of fused-ring (bicyclic) bond motifs is 2. The summed E-state index contributed by atoms with van der Waals surface area (Å²) in [4.78, 5) is 10.0. The van der Waals surface area contributed by atoms with Crippen molar-refractivity contribution < 1.29 is 0 Å². The summed E-state index contributed by atoms with van der Waals surface area (Å²) in [7, 11) is 0. The van der Waals surface area contributed by atoms with E-state index >= 15 is 0 Å². The van der Waals surface area contributed by atoms with Gasteiger partial charge in [-0.15, -0.1) is 0 Å². The molecule has 0 fully saturated rings. The number of hydrogen-bond acceptors (Lipinski definition) is 2. The van der Waals surface area contributed by atoms with Gasteiger partial charge in [0.15, 0.2) is 0 Å². The van der Waals surface area contributed by atoms with Gasteiger partial charge in [-0.1, -0.05) is 88.7 Å². The number of para-hydroxylation sites is 2. The van der Waals surface area contributed by atoms with Crippen molar-refractivity contribution in [3.05, 3.63) is 95.5 Å². The molecule has 0 N–H and O–H groups in total. The summed E-state index contributed by atoms with van der Waals surface area (Å²) >= 11 is 3.67. The van der Waals surface area contributed by atoms with Crippen LogP contribution in [0.25, 0.3) is 44.3 Å². The second-order valence-corrected chi connectivity index (χ2v) is 7.27. The van der Waals surface area contributed by atoms with Gasteiger partial charge in [0.2, 0.25) is 0 Å². The molecule has 4 aromatic carbocycles. The minimum absolute atomic E-state index is 0.902. The normalized spacial score (nSPS) is 11.1. The zero-order valence-electron chi connectivity index (χ0n) is 14.4. The van der Waals surface area contributed by atoms with Crippen LogP contribution in [0.1, 0.15) is 0 Å². The Morgan fingerprint density at radius 2 is 1.11 bits per heavy atom. The topological polar surface area (TPSA) is 25.8 Å². The van der Waals surface area contributed by atoms with Crippen LogP contribution in [0, 0.1) is 0 Å². The fraction of sp³-hybridized carbons (Fsp3) is 0. The fourth-order valence-corrected chi connectivity index (χ4v) is 3.93. The summed E-state index contributed by atoms with van der Waals surface area (Å²) in [5.41, 5.74) is 5.77. The molecule has 27 heavy (non-hydrogen) atoms. The van der Waals surface area contributed by atoms with E-state index in [-0.39, 0.29) is 0 Å². The molecule has 0 unspecified atom stereocenters. The van der Waals surface area contributed by atoms with Gasteiger partial charge in [0, 0.05) is 15.6 Å². The van der Waals surface area contributed by atoms with Crippen molar-refractivity contribution in [1.29, 1.82) is 0 Å². The SMILES string of the molecule is Brc1ccc(-c2nc3ccccc3nc2-c2ccccc2)c2ccccc12. The Morgan fingerprint density at radius 3 is 1.85 bits per heavy atom. The molecule has 0 saturated carbocycles. The molecule has 0 spiro atoms. The second-order valence-electron chi connectivity index (χ2n) is 6.42. The van der Waals surface area contributed by atoms with Gasteiger partial charge in [-0.25, -0.2) is 9.97 Å². The highest BCUT2D eigenvalue weighted by molar-refractivity contribution is 9.10. The molecule has 3 heteroatoms. The van der Waals surface area contributed by atoms with Gasteiger partial charge in [0.25, 0.3) is 0 Å². The van der Waals surface area contributed by atoms with Crippen LogP contribution >= 0.6 is 15.9 Å². The third-order valence-corrected chi connectivity index (χ3v) is 5.44. The molecule has 0 aliphatic heterocycles. The first-order valence-corrected chi connectivity index (χ1v) is 9.60. The Bertz CT molecular complexity index is 1280. The monoisotopic (exact) mass is 410 g/mol. The number of nitrogens with zero attached hydrogens (tertiary/aromatic N) is 2. The summed E-state index contributed by atoms with van der Waals surface area (Å²) in [6, 6.07) is 30.9. The molecule has 0 atom stereocenters. The van der Waals surface area contributed by atoms with Gasteiger partial charge < -0.3 is 0 Å². The number of benzene rings is 4. The molecule has 0 saturated heterocycles. The third kappa shape index (κ3) is 2.81. The highest BCUT2D eigenvalue weighted by atomic mass is 79.9. The van der Waals surface area contributed by atoms with Crippen molar-refractivity contribution in [2.24, 2.45) is 0 Å². The molecule has 1 heterocycles. The van der Waals surface area contributed by atoms with Crippen LogP contribution in [0.3, 0.4) is 0 Å². The molecule has 5 rings (SSSR count). The quantitative estimate of drug-likeness (QED) is 0.316. The summed E-state index contributed by atoms with van der Waals surface area (Å²) < 4.78 is 1.08. The lowest BCUT2D eigenvalue weighted by Gasteiger charge is -2.13. The van der Waals surface area contributed by atoms with Crippen LogP contribution in [0.15, 0.2) is 95.5 Å². The largest absolute Gasteiger partial charge is 0.244 e. The van der Waals surface area contributed by atoms with Crippen LogP contribution in [-0.2, 0) is 0 Å². The first kappa shape index (κ1) is 16.2. The van der Waals surface area contributed by atoms with Crippen molar-refractivity contribution in [1.82, 2.24) is 9.97 Å². The molecule has 0 bridgehead atoms. The number of halogens is 1. The van der Waals surface area contributed by atoms with Crippen molar-refractivity contribution >= 4 is 37.7 Å². The number of rotatable bonds is 2. The molecule has 5 aromatic rings. The minimum atomic E-state index is 0.902. The standard InChI is InChI=1S/C24H15BrN2/c25-20-15-14-19(17-10-4-5-11-18(17)20)24-23(16-8-2-1-3-9-16)26-21-12-6-7-13-22(21)27-24/h1-15H. The first-order valence-electron chi connectivity index (χ1n) is 8.81. The molecule has 0 amide bonds. The van der Waals surface area contributed by atoms with E-state index in [9.17, 15) is 0 Å². The second kappa shape index (κ2) is 6.60. The highest BCUT2D eigenvalue weighted by Gasteiger charge is 2.15. The maximum absolute atomic E-state index is 5.02. The molecule has 1 aromatic heterocycles. The van der Waals surface area contributed by atoms with Crippen molar-refractivity contribution in [2.75, 3.05) is 0 Å². The van der Waals surface area contributed by atoms with E-state index in [1.807, 2.05) is 42.5 Å². The number of hydrogen-bond donors (Lipinski definition) is 0. The molecular weight excluding hydrogens is 396 g/mol. The first-order chi connectivity index (χ1) is 13.3. The summed E-state index contributed by atoms with van der Waals surface area (Å²) in [6.07, 6.45) is 0.